The van der Waals surface area contributed by atoms with Crippen molar-refractivity contribution in [3.05, 3.63) is 0 Å². The van der Waals surface area contributed by atoms with Crippen molar-refractivity contribution in [1.82, 2.24) is 5.32 Å². The Hall–Kier alpha value is -1.83. The van der Waals surface area contributed by atoms with Gasteiger partial charge in [-0.25, -0.2) is 14.4 Å². The van der Waals surface area contributed by atoms with Crippen molar-refractivity contribution in [1.29, 1.82) is 0 Å². The highest BCUT2D eigenvalue weighted by Gasteiger charge is 2.52. The van der Waals surface area contributed by atoms with Crippen LogP contribution in [0.25, 0.3) is 0 Å². The van der Waals surface area contributed by atoms with Crippen LogP contribution in [0, 0.1) is 0 Å². The van der Waals surface area contributed by atoms with Gasteiger partial charge in [0.05, 0.1) is 20.8 Å². The predicted molar refractivity (Wildman–Crippen MR) is 61.5 cm³/mol. The number of aliphatic carboxylic acids is 1. The van der Waals surface area contributed by atoms with Crippen LogP contribution in [-0.4, -0.2) is 55.6 Å². The van der Waals surface area contributed by atoms with E-state index in [2.05, 4.69) is 14.8 Å². The number of carbonyl (C=O) groups is 3. The maximum atomic E-state index is 11.4. The highest BCUT2D eigenvalue weighted by Crippen LogP contribution is 2.33. The maximum absolute atomic E-state index is 11.4. The van der Waals surface area contributed by atoms with Gasteiger partial charge in [-0.2, -0.15) is 0 Å². The molecule has 0 bridgehead atoms. The zero-order chi connectivity index (χ0) is 14.5. The van der Waals surface area contributed by atoms with E-state index in [0.717, 1.165) is 0 Å². The second-order valence-electron chi connectivity index (χ2n) is 4.19. The summed E-state index contributed by atoms with van der Waals surface area (Å²) in [6.45, 7) is 0.176. The minimum absolute atomic E-state index is 0.176. The molecule has 8 nitrogen and oxygen atoms in total. The van der Waals surface area contributed by atoms with Crippen LogP contribution in [0.3, 0.4) is 0 Å². The Morgan fingerprint density at radius 1 is 1.37 bits per heavy atom. The van der Waals surface area contributed by atoms with Gasteiger partial charge in [0.15, 0.2) is 5.60 Å². The molecule has 1 aliphatic heterocycles. The molecule has 0 radical (unpaired) electrons. The molecule has 0 saturated carbocycles. The Morgan fingerprint density at radius 2 is 2.00 bits per heavy atom. The first-order valence-corrected chi connectivity index (χ1v) is 5.75. The van der Waals surface area contributed by atoms with Gasteiger partial charge in [-0.3, -0.25) is 0 Å². The summed E-state index contributed by atoms with van der Waals surface area (Å²) < 4.78 is 13.8. The molecule has 2 atom stereocenters. The number of esters is 1. The molecule has 19 heavy (non-hydrogen) atoms. The van der Waals surface area contributed by atoms with Crippen LogP contribution < -0.4 is 5.32 Å². The standard InChI is InChI=1S/C11H17NO7/c1-17-8(13)7(12-10(16)18-2)4-3-5-11(6-19-11)9(14)15/h7H,3-6H2,1-2H3,(H,12,16)(H,14,15). The Balaban J connectivity index is 2.42. The van der Waals surface area contributed by atoms with Gasteiger partial charge in [0.25, 0.3) is 0 Å². The van der Waals surface area contributed by atoms with E-state index in [-0.39, 0.29) is 19.4 Å². The molecular formula is C11H17NO7. The Kier molecular flexibility index (Phi) is 5.11. The van der Waals surface area contributed by atoms with Crippen LogP contribution >= 0.6 is 0 Å². The number of carboxylic acids is 1. The molecule has 2 N–H and O–H groups in total. The fraction of sp³-hybridized carbons (Fsp3) is 0.727. The molecule has 1 fully saturated rings. The number of rotatable bonds is 7. The largest absolute Gasteiger partial charge is 0.479 e. The van der Waals surface area contributed by atoms with Gasteiger partial charge in [0, 0.05) is 0 Å². The lowest BCUT2D eigenvalue weighted by atomic mass is 10.0. The maximum Gasteiger partial charge on any atom is 0.407 e. The number of hydrogen-bond acceptors (Lipinski definition) is 6. The average Bonchev–Trinajstić information content (AvgIpc) is 3.17. The highest BCUT2D eigenvalue weighted by molar-refractivity contribution is 5.81. The molecule has 1 aliphatic rings. The highest BCUT2D eigenvalue weighted by atomic mass is 16.6. The number of amides is 1. The SMILES string of the molecule is COC(=O)NC(CCCC1(C(=O)O)CO1)C(=O)OC. The molecule has 108 valence electrons. The summed E-state index contributed by atoms with van der Waals surface area (Å²) in [5.41, 5.74) is -1.12. The van der Waals surface area contributed by atoms with Gasteiger partial charge in [0.1, 0.15) is 6.04 Å². The van der Waals surface area contributed by atoms with Crippen molar-refractivity contribution in [3.8, 4) is 0 Å². The molecule has 1 amide bonds. The molecule has 2 unspecified atom stereocenters. The van der Waals surface area contributed by atoms with Crippen molar-refractivity contribution in [3.63, 3.8) is 0 Å². The summed E-state index contributed by atoms with van der Waals surface area (Å²) in [5, 5.41) is 11.2. The van der Waals surface area contributed by atoms with Crippen LogP contribution in [0.5, 0.6) is 0 Å². The predicted octanol–water partition coefficient (Wildman–Crippen LogP) is -0.0921. The van der Waals surface area contributed by atoms with Gasteiger partial charge >= 0.3 is 18.0 Å². The Morgan fingerprint density at radius 3 is 2.42 bits per heavy atom. The van der Waals surface area contributed by atoms with Gasteiger partial charge < -0.3 is 24.6 Å². The summed E-state index contributed by atoms with van der Waals surface area (Å²) in [6, 6.07) is -0.859. The first-order chi connectivity index (χ1) is 8.95. The number of hydrogen-bond donors (Lipinski definition) is 2. The summed E-state index contributed by atoms with van der Waals surface area (Å²) >= 11 is 0. The average molecular weight is 275 g/mol. The molecule has 0 aromatic carbocycles. The molecule has 0 aromatic heterocycles. The molecule has 0 aromatic rings. The van der Waals surface area contributed by atoms with Crippen molar-refractivity contribution < 1.29 is 33.7 Å². The molecule has 8 heteroatoms. The molecule has 1 heterocycles. The second-order valence-corrected chi connectivity index (χ2v) is 4.19. The number of carbonyl (C=O) groups excluding carboxylic acids is 2. The van der Waals surface area contributed by atoms with E-state index in [0.29, 0.717) is 6.42 Å². The van der Waals surface area contributed by atoms with E-state index in [1.54, 1.807) is 0 Å². The van der Waals surface area contributed by atoms with Gasteiger partial charge in [-0.1, -0.05) is 0 Å². The number of alkyl carbamates (subject to hydrolysis) is 1. The normalized spacial score (nSPS) is 22.2. The quantitative estimate of drug-likeness (QED) is 0.492. The number of epoxide rings is 1. The minimum atomic E-state index is -1.12. The monoisotopic (exact) mass is 275 g/mol. The fourth-order valence-electron chi connectivity index (χ4n) is 1.65. The first kappa shape index (κ1) is 15.2. The third-order valence-electron chi connectivity index (χ3n) is 2.92. The van der Waals surface area contributed by atoms with Crippen LogP contribution in [-0.2, 0) is 23.8 Å². The van der Waals surface area contributed by atoms with Gasteiger partial charge in [-0.15, -0.1) is 0 Å². The zero-order valence-corrected chi connectivity index (χ0v) is 10.8. The van der Waals surface area contributed by atoms with Crippen molar-refractivity contribution in [2.45, 2.75) is 30.9 Å². The summed E-state index contributed by atoms with van der Waals surface area (Å²) in [4.78, 5) is 33.4. The van der Waals surface area contributed by atoms with E-state index >= 15 is 0 Å². The third kappa shape index (κ3) is 4.09. The minimum Gasteiger partial charge on any atom is -0.479 e. The molecule has 1 saturated heterocycles. The number of carboxylic acid groups (broad SMARTS) is 1. The number of methoxy groups -OCH3 is 2. The summed E-state index contributed by atoms with van der Waals surface area (Å²) in [6.07, 6.45) is 0.181. The van der Waals surface area contributed by atoms with Crippen LogP contribution in [0.15, 0.2) is 0 Å². The van der Waals surface area contributed by atoms with E-state index < -0.39 is 29.7 Å². The van der Waals surface area contributed by atoms with E-state index in [9.17, 15) is 14.4 Å². The van der Waals surface area contributed by atoms with Crippen molar-refractivity contribution in [2.75, 3.05) is 20.8 Å². The van der Waals surface area contributed by atoms with Crippen molar-refractivity contribution in [2.24, 2.45) is 0 Å². The first-order valence-electron chi connectivity index (χ1n) is 5.75. The van der Waals surface area contributed by atoms with Gasteiger partial charge in [0.2, 0.25) is 0 Å². The topological polar surface area (TPSA) is 114 Å². The smallest absolute Gasteiger partial charge is 0.407 e. The lowest BCUT2D eigenvalue weighted by Crippen LogP contribution is -2.41. The van der Waals surface area contributed by atoms with Crippen LogP contribution in [0.2, 0.25) is 0 Å². The van der Waals surface area contributed by atoms with Crippen molar-refractivity contribution >= 4 is 18.0 Å². The van der Waals surface area contributed by atoms with Crippen LogP contribution in [0.1, 0.15) is 19.3 Å². The number of ether oxygens (including phenoxy) is 3. The zero-order valence-electron chi connectivity index (χ0n) is 10.8. The summed E-state index contributed by atoms with van der Waals surface area (Å²) in [7, 11) is 2.39. The third-order valence-corrected chi connectivity index (χ3v) is 2.92. The van der Waals surface area contributed by atoms with E-state index in [1.807, 2.05) is 0 Å². The van der Waals surface area contributed by atoms with E-state index in [1.165, 1.54) is 14.2 Å². The second kappa shape index (κ2) is 6.37. The molecule has 1 rings (SSSR count). The Labute approximate surface area is 110 Å². The lowest BCUT2D eigenvalue weighted by Gasteiger charge is -2.16. The lowest BCUT2D eigenvalue weighted by molar-refractivity contribution is -0.143. The van der Waals surface area contributed by atoms with Crippen LogP contribution in [0.4, 0.5) is 4.79 Å². The summed E-state index contributed by atoms with van der Waals surface area (Å²) in [5.74, 6) is -1.62. The molecule has 0 spiro atoms. The number of nitrogens with one attached hydrogen (secondary N) is 1. The molecule has 0 aliphatic carbocycles. The van der Waals surface area contributed by atoms with Gasteiger partial charge in [-0.05, 0) is 19.3 Å². The van der Waals surface area contributed by atoms with E-state index in [4.69, 9.17) is 9.84 Å². The molecular weight excluding hydrogens is 258 g/mol. The fourth-order valence-corrected chi connectivity index (χ4v) is 1.65. The Bertz CT molecular complexity index is 364.